The Balaban J connectivity index is 1.18. The van der Waals surface area contributed by atoms with Gasteiger partial charge in [-0.2, -0.15) is 0 Å². The standard InChI is InChI=1S/C40H37N5O/c41-39(44-38(46)37(31-17-6-1-7-18-31)32-19-8-2-9-20-32)42-28-16-27-36-29-45(30-43-36)40(33-21-10-3-11-22-33,34-23-12-4-13-24-34)35-25-14-5-15-26-35/h1-15,17-26,29-30,37H,16,27-28H2,(H3,41,42,44,46). The number of nitrogens with two attached hydrogens (primary N) is 1. The number of aromatic nitrogens is 2. The molecule has 6 aromatic rings. The average molecular weight is 604 g/mol. The Labute approximate surface area is 270 Å². The highest BCUT2D eigenvalue weighted by molar-refractivity contribution is 6.00. The molecule has 0 radical (unpaired) electrons. The Kier molecular flexibility index (Phi) is 9.45. The van der Waals surface area contributed by atoms with E-state index in [1.165, 1.54) is 0 Å². The van der Waals surface area contributed by atoms with Crippen LogP contribution in [0.4, 0.5) is 0 Å². The summed E-state index contributed by atoms with van der Waals surface area (Å²) >= 11 is 0. The van der Waals surface area contributed by atoms with Crippen molar-refractivity contribution in [2.75, 3.05) is 6.54 Å². The molecule has 1 heterocycles. The summed E-state index contributed by atoms with van der Waals surface area (Å²) < 4.78 is 2.22. The highest BCUT2D eigenvalue weighted by atomic mass is 16.2. The molecule has 0 saturated heterocycles. The van der Waals surface area contributed by atoms with Crippen molar-refractivity contribution >= 4 is 11.9 Å². The van der Waals surface area contributed by atoms with Crippen LogP contribution in [0.25, 0.3) is 0 Å². The van der Waals surface area contributed by atoms with E-state index in [4.69, 9.17) is 10.7 Å². The lowest BCUT2D eigenvalue weighted by atomic mass is 9.77. The minimum Gasteiger partial charge on any atom is -0.370 e. The smallest absolute Gasteiger partial charge is 0.238 e. The van der Waals surface area contributed by atoms with Gasteiger partial charge in [0, 0.05) is 12.7 Å². The number of benzene rings is 5. The van der Waals surface area contributed by atoms with E-state index in [0.717, 1.165) is 39.9 Å². The van der Waals surface area contributed by atoms with Gasteiger partial charge in [-0.15, -0.1) is 0 Å². The van der Waals surface area contributed by atoms with Crippen LogP contribution in [0, 0.1) is 0 Å². The normalized spacial score (nSPS) is 11.8. The van der Waals surface area contributed by atoms with Crippen LogP contribution in [0.3, 0.4) is 0 Å². The lowest BCUT2D eigenvalue weighted by molar-refractivity contribution is -0.120. The van der Waals surface area contributed by atoms with Crippen molar-refractivity contribution in [1.82, 2.24) is 14.9 Å². The summed E-state index contributed by atoms with van der Waals surface area (Å²) in [6.07, 6.45) is 5.49. The van der Waals surface area contributed by atoms with Crippen LogP contribution in [0.1, 0.15) is 45.8 Å². The molecule has 0 atom stereocenters. The Morgan fingerprint density at radius 1 is 0.696 bits per heavy atom. The first-order chi connectivity index (χ1) is 22.7. The van der Waals surface area contributed by atoms with E-state index in [2.05, 4.69) is 93.9 Å². The molecule has 1 aromatic heterocycles. The van der Waals surface area contributed by atoms with Gasteiger partial charge in [0.05, 0.1) is 17.9 Å². The summed E-state index contributed by atoms with van der Waals surface area (Å²) in [5.41, 5.74) is 11.8. The Morgan fingerprint density at radius 2 is 1.13 bits per heavy atom. The third-order valence-corrected chi connectivity index (χ3v) is 8.25. The number of nitrogens with one attached hydrogen (secondary N) is 1. The van der Waals surface area contributed by atoms with Crippen molar-refractivity contribution in [3.63, 3.8) is 0 Å². The molecule has 6 heteroatoms. The SMILES string of the molecule is NC(=NCCCc1cn(C(c2ccccc2)(c2ccccc2)c2ccccc2)cn1)NC(=O)C(c1ccccc1)c1ccccc1. The fraction of sp³-hybridized carbons (Fsp3) is 0.125. The van der Waals surface area contributed by atoms with Crippen LogP contribution in [0.15, 0.2) is 169 Å². The number of hydrogen-bond donors (Lipinski definition) is 2. The second-order valence-corrected chi connectivity index (χ2v) is 11.2. The third-order valence-electron chi connectivity index (χ3n) is 8.25. The molecule has 1 amide bonds. The van der Waals surface area contributed by atoms with Crippen molar-refractivity contribution < 1.29 is 4.79 Å². The Hall–Kier alpha value is -5.75. The van der Waals surface area contributed by atoms with E-state index in [1.807, 2.05) is 85.2 Å². The summed E-state index contributed by atoms with van der Waals surface area (Å²) in [5.74, 6) is -0.584. The Morgan fingerprint density at radius 3 is 1.59 bits per heavy atom. The first-order valence-corrected chi connectivity index (χ1v) is 15.6. The van der Waals surface area contributed by atoms with Gasteiger partial charge in [0.15, 0.2) is 5.96 Å². The monoisotopic (exact) mass is 603 g/mol. The van der Waals surface area contributed by atoms with Crippen molar-refractivity contribution in [2.24, 2.45) is 10.7 Å². The molecule has 0 spiro atoms. The number of rotatable bonds is 11. The molecule has 0 unspecified atom stereocenters. The largest absolute Gasteiger partial charge is 0.370 e. The van der Waals surface area contributed by atoms with Gasteiger partial charge in [-0.1, -0.05) is 152 Å². The topological polar surface area (TPSA) is 85.3 Å². The first-order valence-electron chi connectivity index (χ1n) is 15.6. The fourth-order valence-electron chi connectivity index (χ4n) is 6.15. The molecule has 5 aromatic carbocycles. The molecular weight excluding hydrogens is 566 g/mol. The van der Waals surface area contributed by atoms with Gasteiger partial charge in [-0.25, -0.2) is 4.98 Å². The molecule has 6 nitrogen and oxygen atoms in total. The maximum atomic E-state index is 13.4. The predicted molar refractivity (Wildman–Crippen MR) is 185 cm³/mol. The maximum Gasteiger partial charge on any atom is 0.238 e. The average Bonchev–Trinajstić information content (AvgIpc) is 3.59. The van der Waals surface area contributed by atoms with Crippen LogP contribution in [0.5, 0.6) is 0 Å². The van der Waals surface area contributed by atoms with E-state index in [1.54, 1.807) is 0 Å². The van der Waals surface area contributed by atoms with E-state index in [9.17, 15) is 4.79 Å². The molecule has 6 rings (SSSR count). The molecule has 0 fully saturated rings. The Bertz CT molecular complexity index is 1720. The van der Waals surface area contributed by atoms with Crippen LogP contribution < -0.4 is 11.1 Å². The predicted octanol–water partition coefficient (Wildman–Crippen LogP) is 6.92. The second kappa shape index (κ2) is 14.4. The number of hydrogen-bond acceptors (Lipinski definition) is 3. The number of carbonyl (C=O) groups excluding carboxylic acids is 1. The molecule has 0 bridgehead atoms. The molecule has 46 heavy (non-hydrogen) atoms. The third kappa shape index (κ3) is 6.52. The fourth-order valence-corrected chi connectivity index (χ4v) is 6.15. The molecule has 0 saturated carbocycles. The van der Waals surface area contributed by atoms with Crippen molar-refractivity contribution in [3.8, 4) is 0 Å². The van der Waals surface area contributed by atoms with E-state index >= 15 is 0 Å². The first kappa shape index (κ1) is 30.3. The second-order valence-electron chi connectivity index (χ2n) is 11.2. The highest BCUT2D eigenvalue weighted by Crippen LogP contribution is 2.40. The van der Waals surface area contributed by atoms with Crippen molar-refractivity contribution in [1.29, 1.82) is 0 Å². The summed E-state index contributed by atoms with van der Waals surface area (Å²) in [4.78, 5) is 22.7. The van der Waals surface area contributed by atoms with Gasteiger partial charge in [0.1, 0.15) is 5.54 Å². The van der Waals surface area contributed by atoms with Crippen LogP contribution >= 0.6 is 0 Å². The van der Waals surface area contributed by atoms with Crippen LogP contribution in [0.2, 0.25) is 0 Å². The van der Waals surface area contributed by atoms with Gasteiger partial charge < -0.3 is 10.3 Å². The quantitative estimate of drug-likeness (QED) is 0.0730. The van der Waals surface area contributed by atoms with E-state index in [0.29, 0.717) is 13.0 Å². The number of amides is 1. The molecule has 228 valence electrons. The zero-order valence-corrected chi connectivity index (χ0v) is 25.6. The number of aryl methyl sites for hydroxylation is 1. The molecular formula is C40H37N5O. The summed E-state index contributed by atoms with van der Waals surface area (Å²) in [7, 11) is 0. The number of nitrogens with zero attached hydrogens (tertiary/aromatic N) is 3. The lowest BCUT2D eigenvalue weighted by Crippen LogP contribution is -2.40. The number of aliphatic imine (C=N–C) groups is 1. The maximum absolute atomic E-state index is 13.4. The highest BCUT2D eigenvalue weighted by Gasteiger charge is 2.38. The lowest BCUT2D eigenvalue weighted by Gasteiger charge is -2.37. The van der Waals surface area contributed by atoms with Gasteiger partial charge >= 0.3 is 0 Å². The summed E-state index contributed by atoms with van der Waals surface area (Å²) in [6.45, 7) is 0.460. The number of carbonyl (C=O) groups is 1. The van der Waals surface area contributed by atoms with Gasteiger partial charge in [0.25, 0.3) is 0 Å². The molecule has 0 aliphatic rings. The minimum atomic E-state index is -0.601. The zero-order chi connectivity index (χ0) is 31.6. The number of imidazole rings is 1. The number of guanidine groups is 1. The van der Waals surface area contributed by atoms with Gasteiger partial charge in [0.2, 0.25) is 5.91 Å². The summed E-state index contributed by atoms with van der Waals surface area (Å²) in [6, 6.07) is 51.0. The summed E-state index contributed by atoms with van der Waals surface area (Å²) in [5, 5.41) is 2.82. The van der Waals surface area contributed by atoms with E-state index in [-0.39, 0.29) is 11.9 Å². The molecule has 0 aliphatic carbocycles. The molecule has 3 N–H and O–H groups in total. The molecule has 0 aliphatic heterocycles. The van der Waals surface area contributed by atoms with Crippen LogP contribution in [-0.2, 0) is 16.8 Å². The van der Waals surface area contributed by atoms with Gasteiger partial charge in [-0.3, -0.25) is 15.1 Å². The van der Waals surface area contributed by atoms with E-state index < -0.39 is 11.5 Å². The van der Waals surface area contributed by atoms with Crippen LogP contribution in [-0.4, -0.2) is 28.0 Å². The van der Waals surface area contributed by atoms with Crippen molar-refractivity contribution in [2.45, 2.75) is 24.3 Å². The minimum absolute atomic E-state index is 0.114. The van der Waals surface area contributed by atoms with Crippen molar-refractivity contribution in [3.05, 3.63) is 198 Å². The zero-order valence-electron chi connectivity index (χ0n) is 25.6. The van der Waals surface area contributed by atoms with Gasteiger partial charge in [-0.05, 0) is 40.7 Å².